The zero-order valence-electron chi connectivity index (χ0n) is 11.7. The fourth-order valence-electron chi connectivity index (χ4n) is 1.95. The summed E-state index contributed by atoms with van der Waals surface area (Å²) in [6.45, 7) is 3.89. The van der Waals surface area contributed by atoms with Gasteiger partial charge in [-0.05, 0) is 39.6 Å². The van der Waals surface area contributed by atoms with Crippen molar-refractivity contribution < 1.29 is 14.2 Å². The Bertz CT molecular complexity index is 409. The Morgan fingerprint density at radius 3 is 2.44 bits per heavy atom. The molecule has 2 atom stereocenters. The molecule has 1 N–H and O–H groups in total. The Kier molecular flexibility index (Phi) is 4.71. The average molecular weight is 255 g/mol. The molecular weight excluding hydrogens is 233 g/mol. The summed E-state index contributed by atoms with van der Waals surface area (Å²) >= 11 is 0. The third-order valence-electron chi connectivity index (χ3n) is 3.83. The molecule has 1 aromatic rings. The van der Waals surface area contributed by atoms with E-state index in [9.17, 15) is 9.50 Å². The molecule has 0 heterocycles. The van der Waals surface area contributed by atoms with Crippen LogP contribution in [0.15, 0.2) is 18.2 Å². The molecule has 0 radical (unpaired) electrons. The number of ether oxygens (including phenoxy) is 1. The summed E-state index contributed by atoms with van der Waals surface area (Å²) in [7, 11) is 5.25. The van der Waals surface area contributed by atoms with Crippen molar-refractivity contribution in [1.29, 1.82) is 0 Å². The summed E-state index contributed by atoms with van der Waals surface area (Å²) in [5, 5.41) is 10.4. The van der Waals surface area contributed by atoms with Gasteiger partial charge in [0.05, 0.1) is 13.2 Å². The van der Waals surface area contributed by atoms with Crippen LogP contribution in [0, 0.1) is 5.82 Å². The number of aliphatic hydroxyl groups excluding tert-OH is 1. The highest BCUT2D eigenvalue weighted by Crippen LogP contribution is 2.34. The van der Waals surface area contributed by atoms with Crippen molar-refractivity contribution >= 4 is 0 Å². The first kappa shape index (κ1) is 14.9. The summed E-state index contributed by atoms with van der Waals surface area (Å²) in [5.74, 6) is 0.00915. The van der Waals surface area contributed by atoms with Gasteiger partial charge in [-0.3, -0.25) is 0 Å². The van der Waals surface area contributed by atoms with Crippen molar-refractivity contribution in [2.45, 2.75) is 31.9 Å². The number of rotatable bonds is 5. The summed E-state index contributed by atoms with van der Waals surface area (Å²) < 4.78 is 18.9. The number of aliphatic hydroxyl groups is 1. The van der Waals surface area contributed by atoms with Crippen LogP contribution in [0.4, 0.5) is 4.39 Å². The lowest BCUT2D eigenvalue weighted by molar-refractivity contribution is -0.00120. The Morgan fingerprint density at radius 2 is 2.06 bits per heavy atom. The van der Waals surface area contributed by atoms with Crippen molar-refractivity contribution in [3.8, 4) is 5.75 Å². The zero-order chi connectivity index (χ0) is 13.9. The van der Waals surface area contributed by atoms with E-state index in [1.807, 2.05) is 32.8 Å². The molecule has 102 valence electrons. The van der Waals surface area contributed by atoms with E-state index in [1.165, 1.54) is 13.2 Å². The Labute approximate surface area is 108 Å². The maximum atomic E-state index is 14.0. The van der Waals surface area contributed by atoms with E-state index in [4.69, 9.17) is 4.74 Å². The minimum Gasteiger partial charge on any atom is -0.497 e. The molecule has 0 aromatic heterocycles. The molecule has 2 unspecified atom stereocenters. The monoisotopic (exact) mass is 255 g/mol. The number of benzene rings is 1. The van der Waals surface area contributed by atoms with Crippen LogP contribution >= 0.6 is 0 Å². The molecule has 0 bridgehead atoms. The largest absolute Gasteiger partial charge is 0.497 e. The second-order valence-corrected chi connectivity index (χ2v) is 4.90. The molecule has 3 nitrogen and oxygen atoms in total. The topological polar surface area (TPSA) is 32.7 Å². The van der Waals surface area contributed by atoms with Gasteiger partial charge >= 0.3 is 0 Å². The van der Waals surface area contributed by atoms with E-state index in [0.29, 0.717) is 17.7 Å². The van der Waals surface area contributed by atoms with Crippen molar-refractivity contribution in [3.05, 3.63) is 29.6 Å². The normalized spacial score (nSPS) is 16.4. The van der Waals surface area contributed by atoms with E-state index >= 15 is 0 Å². The summed E-state index contributed by atoms with van der Waals surface area (Å²) in [5.41, 5.74) is -0.205. The van der Waals surface area contributed by atoms with Crippen molar-refractivity contribution in [2.24, 2.45) is 0 Å². The third-order valence-corrected chi connectivity index (χ3v) is 3.83. The molecular formula is C14H22FNO2. The first-order chi connectivity index (χ1) is 8.36. The summed E-state index contributed by atoms with van der Waals surface area (Å²) in [6, 6.07) is 4.54. The minimum absolute atomic E-state index is 0.300. The second kappa shape index (κ2) is 5.67. The van der Waals surface area contributed by atoms with Crippen LogP contribution in [0.1, 0.15) is 31.9 Å². The molecule has 0 saturated heterocycles. The lowest BCUT2D eigenvalue weighted by Crippen LogP contribution is -2.46. The number of hydrogen-bond acceptors (Lipinski definition) is 3. The first-order valence-corrected chi connectivity index (χ1v) is 6.05. The highest BCUT2D eigenvalue weighted by molar-refractivity contribution is 5.31. The van der Waals surface area contributed by atoms with E-state index < -0.39 is 17.5 Å². The third kappa shape index (κ3) is 2.65. The number of hydrogen-bond donors (Lipinski definition) is 1. The fraction of sp³-hybridized carbons (Fsp3) is 0.571. The van der Waals surface area contributed by atoms with Crippen LogP contribution < -0.4 is 4.74 Å². The van der Waals surface area contributed by atoms with Gasteiger partial charge in [-0.2, -0.15) is 0 Å². The molecule has 0 spiro atoms. The van der Waals surface area contributed by atoms with Gasteiger partial charge in [0.2, 0.25) is 0 Å². The van der Waals surface area contributed by atoms with Gasteiger partial charge in [0.15, 0.2) is 0 Å². The number of methoxy groups -OCH3 is 1. The highest BCUT2D eigenvalue weighted by atomic mass is 19.1. The van der Waals surface area contributed by atoms with E-state index in [0.717, 1.165) is 0 Å². The molecule has 0 amide bonds. The van der Waals surface area contributed by atoms with Gasteiger partial charge < -0.3 is 14.7 Å². The predicted octanol–water partition coefficient (Wildman–Crippen LogP) is 2.60. The second-order valence-electron chi connectivity index (χ2n) is 4.90. The minimum atomic E-state index is -0.886. The van der Waals surface area contributed by atoms with Gasteiger partial charge in [-0.1, -0.05) is 6.92 Å². The Morgan fingerprint density at radius 1 is 1.44 bits per heavy atom. The van der Waals surface area contributed by atoms with Crippen molar-refractivity contribution in [2.75, 3.05) is 21.2 Å². The molecule has 0 aliphatic carbocycles. The van der Waals surface area contributed by atoms with Crippen LogP contribution in [-0.2, 0) is 0 Å². The molecule has 0 aliphatic rings. The highest BCUT2D eigenvalue weighted by Gasteiger charge is 2.35. The van der Waals surface area contributed by atoms with Gasteiger partial charge in [0, 0.05) is 17.2 Å². The van der Waals surface area contributed by atoms with E-state index in [-0.39, 0.29) is 0 Å². The van der Waals surface area contributed by atoms with Gasteiger partial charge in [-0.25, -0.2) is 4.39 Å². The van der Waals surface area contributed by atoms with Gasteiger partial charge in [-0.15, -0.1) is 0 Å². The van der Waals surface area contributed by atoms with Gasteiger partial charge in [0.25, 0.3) is 0 Å². The zero-order valence-corrected chi connectivity index (χ0v) is 11.7. The Hall–Kier alpha value is -1.13. The number of likely N-dealkylation sites (N-methyl/N-ethyl adjacent to an activating group) is 1. The number of halogens is 1. The predicted molar refractivity (Wildman–Crippen MR) is 70.3 cm³/mol. The molecule has 4 heteroatoms. The molecule has 1 aromatic carbocycles. The molecule has 1 rings (SSSR count). The van der Waals surface area contributed by atoms with Crippen LogP contribution in [0.5, 0.6) is 5.75 Å². The maximum absolute atomic E-state index is 14.0. The SMILES string of the molecule is CCC(C)(C(O)c1ccc(OC)cc1F)N(C)C. The average Bonchev–Trinajstić information content (AvgIpc) is 2.36. The summed E-state index contributed by atoms with van der Waals surface area (Å²) in [6.07, 6.45) is -0.171. The van der Waals surface area contributed by atoms with Crippen LogP contribution in [0.2, 0.25) is 0 Å². The van der Waals surface area contributed by atoms with Crippen LogP contribution in [0.25, 0.3) is 0 Å². The lowest BCUT2D eigenvalue weighted by atomic mass is 9.85. The maximum Gasteiger partial charge on any atom is 0.132 e. The standard InChI is InChI=1S/C14H22FNO2/c1-6-14(2,16(3)4)13(17)11-8-7-10(18-5)9-12(11)15/h7-9,13,17H,6H2,1-5H3. The van der Waals surface area contributed by atoms with Crippen molar-refractivity contribution in [1.82, 2.24) is 4.90 Å². The van der Waals surface area contributed by atoms with E-state index in [2.05, 4.69) is 0 Å². The van der Waals surface area contributed by atoms with Crippen LogP contribution in [0.3, 0.4) is 0 Å². The van der Waals surface area contributed by atoms with E-state index in [1.54, 1.807) is 12.1 Å². The summed E-state index contributed by atoms with van der Waals surface area (Å²) in [4.78, 5) is 1.92. The molecule has 0 saturated carbocycles. The van der Waals surface area contributed by atoms with Crippen molar-refractivity contribution in [3.63, 3.8) is 0 Å². The number of nitrogens with zero attached hydrogens (tertiary/aromatic N) is 1. The fourth-order valence-corrected chi connectivity index (χ4v) is 1.95. The smallest absolute Gasteiger partial charge is 0.132 e. The lowest BCUT2D eigenvalue weighted by Gasteiger charge is -2.40. The quantitative estimate of drug-likeness (QED) is 0.878. The molecule has 0 fully saturated rings. The first-order valence-electron chi connectivity index (χ1n) is 6.05. The van der Waals surface area contributed by atoms with Crippen LogP contribution in [-0.4, -0.2) is 36.8 Å². The van der Waals surface area contributed by atoms with Gasteiger partial charge in [0.1, 0.15) is 11.6 Å². The molecule has 0 aliphatic heterocycles. The Balaban J connectivity index is 3.13. The molecule has 18 heavy (non-hydrogen) atoms.